The van der Waals surface area contributed by atoms with Crippen LogP contribution in [0.3, 0.4) is 0 Å². The van der Waals surface area contributed by atoms with E-state index in [1.165, 1.54) is 0 Å². The van der Waals surface area contributed by atoms with Gasteiger partial charge in [0.15, 0.2) is 5.78 Å². The van der Waals surface area contributed by atoms with Gasteiger partial charge >= 0.3 is 6.09 Å². The third-order valence-corrected chi connectivity index (χ3v) is 5.29. The van der Waals surface area contributed by atoms with Crippen LogP contribution in [0.1, 0.15) is 62.4 Å². The van der Waals surface area contributed by atoms with Crippen LogP contribution in [0.25, 0.3) is 0 Å². The van der Waals surface area contributed by atoms with E-state index in [0.29, 0.717) is 25.2 Å². The van der Waals surface area contributed by atoms with E-state index in [0.717, 1.165) is 18.4 Å². The second-order valence-electron chi connectivity index (χ2n) is 9.27. The van der Waals surface area contributed by atoms with Crippen LogP contribution in [0, 0.1) is 12.8 Å². The first kappa shape index (κ1) is 25.4. The lowest BCUT2D eigenvalue weighted by Crippen LogP contribution is -2.46. The summed E-state index contributed by atoms with van der Waals surface area (Å²) >= 11 is 0. The fourth-order valence-corrected chi connectivity index (χ4v) is 3.42. The fourth-order valence-electron chi connectivity index (χ4n) is 3.42. The number of ether oxygens (including phenoxy) is 1. The van der Waals surface area contributed by atoms with Crippen LogP contribution in [-0.2, 0) is 14.3 Å². The summed E-state index contributed by atoms with van der Waals surface area (Å²) < 4.78 is 5.13. The molecule has 1 aromatic rings. The van der Waals surface area contributed by atoms with Crippen LogP contribution in [-0.4, -0.2) is 60.4 Å². The maximum atomic E-state index is 12.3. The standard InChI is InChI=1S/C24H35N3O5/c1-17-5-7-19(8-6-17)20(28)9-10-21(29)25-15-18-11-13-27(14-12-18)22(30)16-26-23(31)32-24(2,3)4/h5-8,18H,9-16H2,1-4H3,(H,25,29)(H,26,31). The largest absolute Gasteiger partial charge is 0.444 e. The Bertz CT molecular complexity index is 806. The second-order valence-corrected chi connectivity index (χ2v) is 9.27. The van der Waals surface area contributed by atoms with E-state index in [2.05, 4.69) is 10.6 Å². The number of ketones is 1. The number of hydrogen-bond donors (Lipinski definition) is 2. The summed E-state index contributed by atoms with van der Waals surface area (Å²) in [5, 5.41) is 5.39. The minimum Gasteiger partial charge on any atom is -0.444 e. The Morgan fingerprint density at radius 3 is 2.22 bits per heavy atom. The van der Waals surface area contributed by atoms with Gasteiger partial charge in [0, 0.05) is 38.0 Å². The summed E-state index contributed by atoms with van der Waals surface area (Å²) in [6.45, 7) is 8.87. The highest BCUT2D eigenvalue weighted by Crippen LogP contribution is 2.16. The minimum absolute atomic E-state index is 0.0352. The van der Waals surface area contributed by atoms with Crippen molar-refractivity contribution in [3.63, 3.8) is 0 Å². The summed E-state index contributed by atoms with van der Waals surface area (Å²) in [6, 6.07) is 7.34. The van der Waals surface area contributed by atoms with Crippen molar-refractivity contribution < 1.29 is 23.9 Å². The molecule has 0 unspecified atom stereocenters. The van der Waals surface area contributed by atoms with Crippen LogP contribution in [0.4, 0.5) is 4.79 Å². The van der Waals surface area contributed by atoms with Gasteiger partial charge < -0.3 is 20.3 Å². The van der Waals surface area contributed by atoms with Crippen molar-refractivity contribution in [1.29, 1.82) is 0 Å². The molecule has 8 nitrogen and oxygen atoms in total. The summed E-state index contributed by atoms with van der Waals surface area (Å²) in [6.07, 6.45) is 1.30. The molecule has 1 fully saturated rings. The molecule has 176 valence electrons. The molecule has 0 saturated carbocycles. The van der Waals surface area contributed by atoms with E-state index in [1.807, 2.05) is 19.1 Å². The summed E-state index contributed by atoms with van der Waals surface area (Å²) in [4.78, 5) is 50.0. The zero-order chi connectivity index (χ0) is 23.7. The van der Waals surface area contributed by atoms with Gasteiger partial charge in [-0.25, -0.2) is 4.79 Å². The molecule has 1 saturated heterocycles. The molecule has 0 radical (unpaired) electrons. The molecule has 32 heavy (non-hydrogen) atoms. The lowest BCUT2D eigenvalue weighted by molar-refractivity contribution is -0.131. The SMILES string of the molecule is Cc1ccc(C(=O)CCC(=O)NCC2CCN(C(=O)CNC(=O)OC(C)(C)C)CC2)cc1. The molecule has 0 spiro atoms. The molecule has 1 aliphatic rings. The highest BCUT2D eigenvalue weighted by atomic mass is 16.6. The summed E-state index contributed by atoms with van der Waals surface area (Å²) in [7, 11) is 0. The normalized spacial score (nSPS) is 14.6. The molecule has 1 aliphatic heterocycles. The van der Waals surface area contributed by atoms with Crippen LogP contribution in [0.5, 0.6) is 0 Å². The maximum Gasteiger partial charge on any atom is 0.408 e. The highest BCUT2D eigenvalue weighted by molar-refractivity contribution is 5.97. The van der Waals surface area contributed by atoms with Gasteiger partial charge in [0.25, 0.3) is 0 Å². The number of Topliss-reactive ketones (excluding diaryl/α,β-unsaturated/α-hetero) is 1. The van der Waals surface area contributed by atoms with E-state index in [9.17, 15) is 19.2 Å². The number of amides is 3. The Balaban J connectivity index is 1.61. The van der Waals surface area contributed by atoms with Gasteiger partial charge in [-0.15, -0.1) is 0 Å². The molecule has 0 aromatic heterocycles. The van der Waals surface area contributed by atoms with Gasteiger partial charge in [-0.05, 0) is 46.5 Å². The van der Waals surface area contributed by atoms with Crippen LogP contribution in [0.15, 0.2) is 24.3 Å². The lowest BCUT2D eigenvalue weighted by atomic mass is 9.96. The third-order valence-electron chi connectivity index (χ3n) is 5.29. The smallest absolute Gasteiger partial charge is 0.408 e. The quantitative estimate of drug-likeness (QED) is 0.599. The van der Waals surface area contributed by atoms with Crippen molar-refractivity contribution >= 4 is 23.7 Å². The van der Waals surface area contributed by atoms with E-state index in [4.69, 9.17) is 4.74 Å². The zero-order valence-corrected chi connectivity index (χ0v) is 19.5. The number of nitrogens with zero attached hydrogens (tertiary/aromatic N) is 1. The fraction of sp³-hybridized carbons (Fsp3) is 0.583. The van der Waals surface area contributed by atoms with Gasteiger partial charge in [-0.1, -0.05) is 29.8 Å². The average molecular weight is 446 g/mol. The molecule has 1 aromatic carbocycles. The first-order valence-electron chi connectivity index (χ1n) is 11.1. The molecule has 0 atom stereocenters. The maximum absolute atomic E-state index is 12.3. The highest BCUT2D eigenvalue weighted by Gasteiger charge is 2.24. The van der Waals surface area contributed by atoms with Crippen LogP contribution >= 0.6 is 0 Å². The molecule has 8 heteroatoms. The molecule has 3 amide bonds. The van der Waals surface area contributed by atoms with Gasteiger partial charge in [-0.2, -0.15) is 0 Å². The van der Waals surface area contributed by atoms with Gasteiger partial charge in [-0.3, -0.25) is 14.4 Å². The number of benzene rings is 1. The second kappa shape index (κ2) is 11.6. The number of nitrogens with one attached hydrogen (secondary N) is 2. The van der Waals surface area contributed by atoms with Gasteiger partial charge in [0.2, 0.25) is 11.8 Å². The first-order chi connectivity index (χ1) is 15.0. The van der Waals surface area contributed by atoms with Crippen molar-refractivity contribution in [3.05, 3.63) is 35.4 Å². The molecule has 0 aliphatic carbocycles. The average Bonchev–Trinajstić information content (AvgIpc) is 2.74. The minimum atomic E-state index is -0.607. The number of carbonyl (C=O) groups excluding carboxylic acids is 4. The summed E-state index contributed by atoms with van der Waals surface area (Å²) in [5.41, 5.74) is 1.11. The number of carbonyl (C=O) groups is 4. The Hall–Kier alpha value is -2.90. The van der Waals surface area contributed by atoms with Gasteiger partial charge in [0.1, 0.15) is 12.1 Å². The number of likely N-dealkylation sites (tertiary alicyclic amines) is 1. The molecular weight excluding hydrogens is 410 g/mol. The van der Waals surface area contributed by atoms with Crippen molar-refractivity contribution in [2.45, 2.75) is 59.0 Å². The Morgan fingerprint density at radius 1 is 1.00 bits per heavy atom. The van der Waals surface area contributed by atoms with Crippen molar-refractivity contribution in [3.8, 4) is 0 Å². The molecule has 0 bridgehead atoms. The molecule has 2 N–H and O–H groups in total. The number of aryl methyl sites for hydroxylation is 1. The first-order valence-corrected chi connectivity index (χ1v) is 11.1. The Labute approximate surface area is 190 Å². The number of alkyl carbamates (subject to hydrolysis) is 1. The summed E-state index contributed by atoms with van der Waals surface area (Å²) in [5.74, 6) is -0.0277. The van der Waals surface area contributed by atoms with E-state index >= 15 is 0 Å². The van der Waals surface area contributed by atoms with E-state index in [-0.39, 0.29) is 42.9 Å². The monoisotopic (exact) mass is 445 g/mol. The Kier molecular flexibility index (Phi) is 9.23. The van der Waals surface area contributed by atoms with Crippen molar-refractivity contribution in [2.75, 3.05) is 26.2 Å². The van der Waals surface area contributed by atoms with Crippen molar-refractivity contribution in [2.24, 2.45) is 5.92 Å². The van der Waals surface area contributed by atoms with Crippen LogP contribution < -0.4 is 10.6 Å². The van der Waals surface area contributed by atoms with E-state index in [1.54, 1.807) is 37.8 Å². The van der Waals surface area contributed by atoms with Crippen molar-refractivity contribution in [1.82, 2.24) is 15.5 Å². The number of hydrogen-bond acceptors (Lipinski definition) is 5. The van der Waals surface area contributed by atoms with Gasteiger partial charge in [0.05, 0.1) is 0 Å². The van der Waals surface area contributed by atoms with E-state index < -0.39 is 11.7 Å². The Morgan fingerprint density at radius 2 is 1.62 bits per heavy atom. The zero-order valence-electron chi connectivity index (χ0n) is 19.5. The molecular formula is C24H35N3O5. The molecule has 2 rings (SSSR count). The number of piperidine rings is 1. The predicted molar refractivity (Wildman–Crippen MR) is 121 cm³/mol. The molecule has 1 heterocycles. The number of rotatable bonds is 8. The lowest BCUT2D eigenvalue weighted by Gasteiger charge is -2.32. The van der Waals surface area contributed by atoms with Crippen LogP contribution in [0.2, 0.25) is 0 Å². The third kappa shape index (κ3) is 9.08. The topological polar surface area (TPSA) is 105 Å². The predicted octanol–water partition coefficient (Wildman–Crippen LogP) is 2.84.